The summed E-state index contributed by atoms with van der Waals surface area (Å²) in [5, 5.41) is 34.7. The Morgan fingerprint density at radius 2 is 1.03 bits per heavy atom. The van der Waals surface area contributed by atoms with Crippen molar-refractivity contribution in [1.29, 1.82) is 0 Å². The Balaban J connectivity index is 1.50. The first-order valence-electron chi connectivity index (χ1n) is 10.4. The lowest BCUT2D eigenvalue weighted by atomic mass is 10.0. The quantitative estimate of drug-likeness (QED) is 0.279. The van der Waals surface area contributed by atoms with Gasteiger partial charge in [-0.05, 0) is 51.9 Å². The highest BCUT2D eigenvalue weighted by molar-refractivity contribution is 6.04. The summed E-state index contributed by atoms with van der Waals surface area (Å²) in [6.07, 6.45) is 3.14. The molecule has 0 saturated heterocycles. The number of hydrogen-bond donors (Lipinski definition) is 3. The van der Waals surface area contributed by atoms with Crippen molar-refractivity contribution >= 4 is 45.3 Å². The molecule has 5 aromatic carbocycles. The second-order valence-corrected chi connectivity index (χ2v) is 7.63. The summed E-state index contributed by atoms with van der Waals surface area (Å²) in [5.74, 6) is 0.247. The van der Waals surface area contributed by atoms with Crippen LogP contribution in [0.15, 0.2) is 101 Å². The molecule has 33 heavy (non-hydrogen) atoms. The van der Waals surface area contributed by atoms with Gasteiger partial charge in [0.2, 0.25) is 0 Å². The normalized spacial score (nSPS) is 11.8. The third-order valence-electron chi connectivity index (χ3n) is 5.53. The topological polar surface area (TPSA) is 85.4 Å². The molecule has 5 rings (SSSR count). The summed E-state index contributed by atoms with van der Waals surface area (Å²) in [7, 11) is 0. The number of rotatable bonds is 4. The lowest BCUT2D eigenvalue weighted by Gasteiger charge is -2.06. The van der Waals surface area contributed by atoms with Crippen LogP contribution in [0.3, 0.4) is 0 Å². The van der Waals surface area contributed by atoms with Crippen LogP contribution in [-0.2, 0) is 0 Å². The number of hydrogen-bond acceptors (Lipinski definition) is 5. The number of aliphatic imine (C=N–C) groups is 2. The Hall–Kier alpha value is -4.64. The van der Waals surface area contributed by atoms with Crippen molar-refractivity contribution in [2.24, 2.45) is 9.98 Å². The van der Waals surface area contributed by atoms with E-state index in [-0.39, 0.29) is 17.2 Å². The average Bonchev–Trinajstić information content (AvgIpc) is 2.84. The largest absolute Gasteiger partial charge is 0.507 e. The van der Waals surface area contributed by atoms with E-state index in [0.717, 1.165) is 21.5 Å². The molecule has 0 amide bonds. The van der Waals surface area contributed by atoms with Gasteiger partial charge in [0.05, 0.1) is 5.69 Å². The first-order chi connectivity index (χ1) is 16.1. The fourth-order valence-corrected chi connectivity index (χ4v) is 3.81. The zero-order valence-electron chi connectivity index (χ0n) is 17.6. The highest BCUT2D eigenvalue weighted by Crippen LogP contribution is 2.33. The van der Waals surface area contributed by atoms with Crippen molar-refractivity contribution in [3.8, 4) is 17.2 Å². The first kappa shape index (κ1) is 20.3. The molecule has 0 heterocycles. The van der Waals surface area contributed by atoms with Crippen molar-refractivity contribution in [2.75, 3.05) is 0 Å². The number of nitrogens with zero attached hydrogens (tertiary/aromatic N) is 2. The van der Waals surface area contributed by atoms with Crippen LogP contribution in [0.5, 0.6) is 17.2 Å². The van der Waals surface area contributed by atoms with Gasteiger partial charge in [-0.1, -0.05) is 60.7 Å². The van der Waals surface area contributed by atoms with Gasteiger partial charge in [-0.25, -0.2) is 0 Å². The second-order valence-electron chi connectivity index (χ2n) is 7.63. The van der Waals surface area contributed by atoms with E-state index in [1.165, 1.54) is 12.3 Å². The van der Waals surface area contributed by atoms with E-state index in [1.54, 1.807) is 30.5 Å². The SMILES string of the molecule is Oc1ccc(N=Cc2c(O)ccc3ccccc23)cc1N=Cc1c(O)ccc2ccccc12. The lowest BCUT2D eigenvalue weighted by Crippen LogP contribution is -1.86. The number of benzene rings is 5. The first-order valence-corrected chi connectivity index (χ1v) is 10.4. The Morgan fingerprint density at radius 1 is 0.515 bits per heavy atom. The van der Waals surface area contributed by atoms with Crippen LogP contribution in [0.25, 0.3) is 21.5 Å². The maximum absolute atomic E-state index is 10.3. The molecule has 0 aliphatic carbocycles. The molecule has 5 heteroatoms. The van der Waals surface area contributed by atoms with Crippen molar-refractivity contribution in [3.05, 3.63) is 102 Å². The third kappa shape index (κ3) is 4.00. The van der Waals surface area contributed by atoms with E-state index in [9.17, 15) is 15.3 Å². The van der Waals surface area contributed by atoms with Crippen LogP contribution in [0.4, 0.5) is 11.4 Å². The molecule has 5 aromatic rings. The Morgan fingerprint density at radius 3 is 1.64 bits per heavy atom. The van der Waals surface area contributed by atoms with Crippen molar-refractivity contribution in [2.45, 2.75) is 0 Å². The summed E-state index contributed by atoms with van der Waals surface area (Å²) in [6, 6.07) is 27.3. The van der Waals surface area contributed by atoms with Gasteiger partial charge in [0, 0.05) is 23.6 Å². The van der Waals surface area contributed by atoms with E-state index in [2.05, 4.69) is 9.98 Å². The third-order valence-corrected chi connectivity index (χ3v) is 5.53. The lowest BCUT2D eigenvalue weighted by molar-refractivity contribution is 0.474. The molecular formula is C28H20N2O3. The molecule has 0 saturated carbocycles. The number of phenols is 3. The standard InChI is InChI=1S/C28H20N2O3/c31-26-12-9-18-5-1-3-7-21(18)23(26)16-29-20-11-14-28(33)25(15-20)30-17-24-22-8-4-2-6-19(22)10-13-27(24)32/h1-17,31-33H. The van der Waals surface area contributed by atoms with Crippen LogP contribution < -0.4 is 0 Å². The van der Waals surface area contributed by atoms with Gasteiger partial charge < -0.3 is 15.3 Å². The molecule has 0 aromatic heterocycles. The summed E-state index contributed by atoms with van der Waals surface area (Å²) >= 11 is 0. The predicted octanol–water partition coefficient (Wildman–Crippen LogP) is 6.61. The van der Waals surface area contributed by atoms with Crippen LogP contribution in [-0.4, -0.2) is 27.7 Å². The summed E-state index contributed by atoms with van der Waals surface area (Å²) in [5.41, 5.74) is 2.07. The van der Waals surface area contributed by atoms with Crippen LogP contribution in [0.2, 0.25) is 0 Å². The molecular weight excluding hydrogens is 412 g/mol. The zero-order valence-corrected chi connectivity index (χ0v) is 17.6. The minimum Gasteiger partial charge on any atom is -0.507 e. The van der Waals surface area contributed by atoms with E-state index in [1.807, 2.05) is 60.7 Å². The van der Waals surface area contributed by atoms with E-state index in [4.69, 9.17) is 0 Å². The number of fused-ring (bicyclic) bond motifs is 2. The average molecular weight is 432 g/mol. The van der Waals surface area contributed by atoms with Crippen molar-refractivity contribution in [3.63, 3.8) is 0 Å². The van der Waals surface area contributed by atoms with Gasteiger partial charge in [0.1, 0.15) is 22.9 Å². The van der Waals surface area contributed by atoms with E-state index < -0.39 is 0 Å². The van der Waals surface area contributed by atoms with Gasteiger partial charge in [-0.3, -0.25) is 9.98 Å². The van der Waals surface area contributed by atoms with Gasteiger partial charge in [0.15, 0.2) is 0 Å². The van der Waals surface area contributed by atoms with Gasteiger partial charge >= 0.3 is 0 Å². The summed E-state index contributed by atoms with van der Waals surface area (Å²) in [6.45, 7) is 0. The molecule has 0 unspecified atom stereocenters. The fraction of sp³-hybridized carbons (Fsp3) is 0. The Kier molecular flexibility index (Phi) is 5.21. The molecule has 3 N–H and O–H groups in total. The second kappa shape index (κ2) is 8.48. The molecule has 5 nitrogen and oxygen atoms in total. The highest BCUT2D eigenvalue weighted by atomic mass is 16.3. The number of aromatic hydroxyl groups is 3. The van der Waals surface area contributed by atoms with Gasteiger partial charge in [0.25, 0.3) is 0 Å². The molecule has 0 aliphatic rings. The van der Waals surface area contributed by atoms with Crippen LogP contribution >= 0.6 is 0 Å². The summed E-state index contributed by atoms with van der Waals surface area (Å²) < 4.78 is 0. The minimum atomic E-state index is -0.00191. The molecule has 0 aliphatic heterocycles. The molecule has 0 atom stereocenters. The van der Waals surface area contributed by atoms with Gasteiger partial charge in [-0.15, -0.1) is 0 Å². The maximum Gasteiger partial charge on any atom is 0.141 e. The predicted molar refractivity (Wildman–Crippen MR) is 134 cm³/mol. The zero-order chi connectivity index (χ0) is 22.8. The van der Waals surface area contributed by atoms with E-state index >= 15 is 0 Å². The number of phenolic OH excluding ortho intramolecular Hbond substituents is 3. The molecule has 0 radical (unpaired) electrons. The molecule has 160 valence electrons. The molecule has 0 fully saturated rings. The minimum absolute atomic E-state index is 0.00191. The van der Waals surface area contributed by atoms with Crippen molar-refractivity contribution < 1.29 is 15.3 Å². The van der Waals surface area contributed by atoms with Crippen LogP contribution in [0, 0.1) is 0 Å². The highest BCUT2D eigenvalue weighted by Gasteiger charge is 2.07. The Labute approximate surface area is 190 Å². The summed E-state index contributed by atoms with van der Waals surface area (Å²) in [4.78, 5) is 8.90. The Bertz CT molecular complexity index is 1550. The van der Waals surface area contributed by atoms with Crippen molar-refractivity contribution in [1.82, 2.24) is 0 Å². The van der Waals surface area contributed by atoms with Crippen LogP contribution in [0.1, 0.15) is 11.1 Å². The molecule has 0 spiro atoms. The fourth-order valence-electron chi connectivity index (χ4n) is 3.81. The van der Waals surface area contributed by atoms with E-state index in [0.29, 0.717) is 22.5 Å². The van der Waals surface area contributed by atoms with Gasteiger partial charge in [-0.2, -0.15) is 0 Å². The smallest absolute Gasteiger partial charge is 0.141 e. The molecule has 0 bridgehead atoms. The monoisotopic (exact) mass is 432 g/mol. The maximum atomic E-state index is 10.3.